The van der Waals surface area contributed by atoms with Crippen LogP contribution in [0.25, 0.3) is 0 Å². The number of hydrogen-bond acceptors (Lipinski definition) is 4. The molecule has 0 aliphatic heterocycles. The molecule has 1 aromatic rings. The van der Waals surface area contributed by atoms with Gasteiger partial charge in [-0.2, -0.15) is 8.42 Å². The Balaban J connectivity index is 0.00000141. The summed E-state index contributed by atoms with van der Waals surface area (Å²) in [4.78, 5) is 0.0610. The van der Waals surface area contributed by atoms with Crippen molar-refractivity contribution in [3.05, 3.63) is 29.8 Å². The molecule has 152 valence electrons. The second-order valence-electron chi connectivity index (χ2n) is 6.76. The van der Waals surface area contributed by atoms with Gasteiger partial charge in [-0.25, -0.2) is 0 Å². The fourth-order valence-corrected chi connectivity index (χ4v) is 3.52. The smallest absolute Gasteiger partial charge is 0.294 e. The Kier molecular flexibility index (Phi) is 14.6. The van der Waals surface area contributed by atoms with Gasteiger partial charge in [0, 0.05) is 0 Å². The maximum Gasteiger partial charge on any atom is 0.294 e. The second kappa shape index (κ2) is 15.1. The highest BCUT2D eigenvalue weighted by atomic mass is 32.2. The molecule has 0 fully saturated rings. The van der Waals surface area contributed by atoms with Crippen LogP contribution in [0.5, 0.6) is 0 Å². The molecule has 0 bridgehead atoms. The van der Waals surface area contributed by atoms with Crippen molar-refractivity contribution >= 4 is 10.1 Å². The van der Waals surface area contributed by atoms with Crippen molar-refractivity contribution < 1.29 is 18.1 Å². The molecule has 5 nitrogen and oxygen atoms in total. The number of nitrogens with two attached hydrogens (primary N) is 1. The van der Waals surface area contributed by atoms with Crippen LogP contribution in [-0.2, 0) is 16.5 Å². The summed E-state index contributed by atoms with van der Waals surface area (Å²) in [5.41, 5.74) is 5.39. The third kappa shape index (κ3) is 14.2. The lowest BCUT2D eigenvalue weighted by molar-refractivity contribution is 0.203. The highest BCUT2D eigenvalue weighted by molar-refractivity contribution is 7.85. The molecule has 0 saturated heterocycles. The Morgan fingerprint density at radius 2 is 1.35 bits per heavy atom. The van der Waals surface area contributed by atoms with Gasteiger partial charge in [0.15, 0.2) is 0 Å². The molecule has 0 amide bonds. The van der Waals surface area contributed by atoms with Crippen LogP contribution < -0.4 is 5.73 Å². The van der Waals surface area contributed by atoms with Crippen LogP contribution in [0.3, 0.4) is 0 Å². The zero-order valence-electron chi connectivity index (χ0n) is 16.4. The molecule has 4 N–H and O–H groups in total. The van der Waals surface area contributed by atoms with E-state index < -0.39 is 16.3 Å². The summed E-state index contributed by atoms with van der Waals surface area (Å²) in [6.07, 6.45) is 12.6. The van der Waals surface area contributed by atoms with Gasteiger partial charge in [0.2, 0.25) is 0 Å². The average molecular weight is 388 g/mol. The number of unbranched alkanes of at least 4 members (excludes halogenated alkanes) is 9. The monoisotopic (exact) mass is 387 g/mol. The number of aliphatic hydroxyl groups excluding tert-OH is 1. The Morgan fingerprint density at radius 3 is 1.81 bits per heavy atom. The molecule has 1 rings (SSSR count). The normalized spacial score (nSPS) is 12.3. The summed E-state index contributed by atoms with van der Waals surface area (Å²) in [5.74, 6) is 0. The lowest BCUT2D eigenvalue weighted by atomic mass is 10.0. The van der Waals surface area contributed by atoms with Gasteiger partial charge in [0.1, 0.15) is 0 Å². The van der Waals surface area contributed by atoms with Crippen LogP contribution in [0, 0.1) is 0 Å². The van der Waals surface area contributed by atoms with Crippen molar-refractivity contribution in [3.8, 4) is 0 Å². The first-order valence-electron chi connectivity index (χ1n) is 9.78. The molecule has 0 heterocycles. The molecule has 1 aromatic carbocycles. The van der Waals surface area contributed by atoms with E-state index in [2.05, 4.69) is 12.7 Å². The van der Waals surface area contributed by atoms with Crippen LogP contribution in [0.2, 0.25) is 0 Å². The van der Waals surface area contributed by atoms with E-state index in [1.807, 2.05) is 6.07 Å². The van der Waals surface area contributed by atoms with Gasteiger partial charge in [-0.3, -0.25) is 4.55 Å². The first-order valence-corrected chi connectivity index (χ1v) is 11.2. The van der Waals surface area contributed by atoms with Crippen molar-refractivity contribution in [2.24, 2.45) is 5.73 Å². The number of hydrogen-bond donors (Lipinski definition) is 3. The van der Waals surface area contributed by atoms with Crippen molar-refractivity contribution in [2.75, 3.05) is 0 Å². The maximum atomic E-state index is 11.3. The molecule has 0 radical (unpaired) electrons. The molecule has 0 aromatic heterocycles. The topological polar surface area (TPSA) is 101 Å². The van der Waals surface area contributed by atoms with E-state index in [1.165, 1.54) is 64.4 Å². The van der Waals surface area contributed by atoms with E-state index in [-0.39, 0.29) is 4.90 Å². The Morgan fingerprint density at radius 1 is 0.923 bits per heavy atom. The van der Waals surface area contributed by atoms with Crippen LogP contribution in [0.15, 0.2) is 29.2 Å². The van der Waals surface area contributed by atoms with Gasteiger partial charge >= 0.3 is 0 Å². The number of rotatable bonds is 12. The van der Waals surface area contributed by atoms with E-state index in [9.17, 15) is 13.0 Å². The van der Waals surface area contributed by atoms with E-state index in [1.54, 1.807) is 12.1 Å². The zero-order valence-corrected chi connectivity index (χ0v) is 17.2. The highest BCUT2D eigenvalue weighted by Gasteiger charge is 2.13. The third-order valence-corrected chi connectivity index (χ3v) is 5.00. The molecule has 1 unspecified atom stereocenters. The van der Waals surface area contributed by atoms with Crippen LogP contribution >= 0.6 is 0 Å². The first-order chi connectivity index (χ1) is 12.3. The molecule has 26 heavy (non-hydrogen) atoms. The van der Waals surface area contributed by atoms with Crippen molar-refractivity contribution in [1.82, 2.24) is 0 Å². The quantitative estimate of drug-likeness (QED) is 0.275. The van der Waals surface area contributed by atoms with Gasteiger partial charge in [-0.1, -0.05) is 82.9 Å². The Labute approximate surface area is 159 Å². The predicted octanol–water partition coefficient (Wildman–Crippen LogP) is 4.68. The van der Waals surface area contributed by atoms with Crippen molar-refractivity contribution in [2.45, 2.75) is 95.6 Å². The molecule has 1 atom stereocenters. The fourth-order valence-electron chi connectivity index (χ4n) is 2.76. The summed E-state index contributed by atoms with van der Waals surface area (Å²) in [7, 11) is -4.10. The summed E-state index contributed by atoms with van der Waals surface area (Å²) >= 11 is 0. The molecule has 0 saturated carbocycles. The average Bonchev–Trinajstić information content (AvgIpc) is 2.55. The summed E-state index contributed by atoms with van der Waals surface area (Å²) in [6, 6.07) is 6.73. The molecule has 0 aliphatic carbocycles. The largest absolute Gasteiger partial charge is 0.379 e. The van der Waals surface area contributed by atoms with Gasteiger partial charge < -0.3 is 10.8 Å². The minimum atomic E-state index is -4.10. The summed E-state index contributed by atoms with van der Waals surface area (Å²) in [5, 5.41) is 7.83. The summed E-state index contributed by atoms with van der Waals surface area (Å²) < 4.78 is 31.8. The fraction of sp³-hybridized carbons (Fsp3) is 0.700. The van der Waals surface area contributed by atoms with E-state index in [0.29, 0.717) is 6.42 Å². The molecule has 6 heteroatoms. The molecule has 0 spiro atoms. The van der Waals surface area contributed by atoms with Gasteiger partial charge in [0.05, 0.1) is 11.1 Å². The summed E-state index contributed by atoms with van der Waals surface area (Å²) in [6.45, 7) is 3.74. The van der Waals surface area contributed by atoms with E-state index >= 15 is 0 Å². The standard InChI is InChI=1S/C18H30O3S.C2H7NO/c1-2-3-4-5-6-7-8-9-10-11-14-17-15-12-13-16-18(17)22(19,20)21;1-2(3)4/h12-13,15-16H,2-11,14H2,1H3,(H,19,20,21);2,4H,3H2,1H3. The van der Waals surface area contributed by atoms with Crippen LogP contribution in [-0.4, -0.2) is 24.3 Å². The number of benzene rings is 1. The first kappa shape index (κ1) is 25.1. The Bertz CT molecular complexity index is 556. The third-order valence-electron chi connectivity index (χ3n) is 4.05. The second-order valence-corrected chi connectivity index (χ2v) is 8.15. The van der Waals surface area contributed by atoms with E-state index in [0.717, 1.165) is 18.4 Å². The minimum absolute atomic E-state index is 0.0610. The highest BCUT2D eigenvalue weighted by Crippen LogP contribution is 2.18. The molecular weight excluding hydrogens is 350 g/mol. The van der Waals surface area contributed by atoms with Crippen molar-refractivity contribution in [1.29, 1.82) is 0 Å². The number of aryl methyl sites for hydroxylation is 1. The van der Waals surface area contributed by atoms with Crippen molar-refractivity contribution in [3.63, 3.8) is 0 Å². The SMILES string of the molecule is CC(N)O.CCCCCCCCCCCCc1ccccc1S(=O)(=O)O. The molecular formula is C20H37NO4S. The predicted molar refractivity (Wildman–Crippen MR) is 108 cm³/mol. The molecule has 0 aliphatic rings. The zero-order chi connectivity index (χ0) is 19.8. The Hall–Kier alpha value is -0.950. The lowest BCUT2D eigenvalue weighted by Crippen LogP contribution is -2.11. The van der Waals surface area contributed by atoms with Gasteiger partial charge in [-0.15, -0.1) is 0 Å². The number of aliphatic hydroxyl groups is 1. The minimum Gasteiger partial charge on any atom is -0.379 e. The van der Waals surface area contributed by atoms with E-state index in [4.69, 9.17) is 5.11 Å². The lowest BCUT2D eigenvalue weighted by Gasteiger charge is -2.07. The van der Waals surface area contributed by atoms with Gasteiger partial charge in [-0.05, 0) is 31.4 Å². The van der Waals surface area contributed by atoms with Crippen LogP contribution in [0.1, 0.15) is 83.6 Å². The maximum absolute atomic E-state index is 11.3. The van der Waals surface area contributed by atoms with Crippen LogP contribution in [0.4, 0.5) is 0 Å². The van der Waals surface area contributed by atoms with Gasteiger partial charge in [0.25, 0.3) is 10.1 Å².